The zero-order valence-corrected chi connectivity index (χ0v) is 17.3. The first-order valence-corrected chi connectivity index (χ1v) is 10.2. The number of pyridine rings is 1. The number of hydrogen-bond acceptors (Lipinski definition) is 8. The molecular formula is C22H22N6O3. The molecule has 0 amide bonds. The Bertz CT molecular complexity index is 1290. The predicted octanol–water partition coefficient (Wildman–Crippen LogP) is 2.94. The van der Waals surface area contributed by atoms with Crippen molar-refractivity contribution in [2.75, 3.05) is 18.5 Å². The van der Waals surface area contributed by atoms with Gasteiger partial charge in [0, 0.05) is 49.0 Å². The highest BCUT2D eigenvalue weighted by Crippen LogP contribution is 2.28. The van der Waals surface area contributed by atoms with Crippen molar-refractivity contribution in [3.05, 3.63) is 52.8 Å². The summed E-state index contributed by atoms with van der Waals surface area (Å²) in [6, 6.07) is 7.85. The molecule has 1 fully saturated rings. The van der Waals surface area contributed by atoms with E-state index in [1.165, 1.54) is 6.39 Å². The Hall–Kier alpha value is -3.59. The van der Waals surface area contributed by atoms with Gasteiger partial charge in [-0.05, 0) is 49.1 Å². The monoisotopic (exact) mass is 418 g/mol. The van der Waals surface area contributed by atoms with E-state index in [0.29, 0.717) is 23.0 Å². The van der Waals surface area contributed by atoms with Gasteiger partial charge in [-0.15, -0.1) is 10.2 Å². The van der Waals surface area contributed by atoms with Crippen LogP contribution in [0, 0.1) is 6.92 Å². The molecule has 9 nitrogen and oxygen atoms in total. The van der Waals surface area contributed by atoms with Crippen molar-refractivity contribution >= 4 is 17.0 Å². The van der Waals surface area contributed by atoms with Gasteiger partial charge in [-0.2, -0.15) is 4.98 Å². The van der Waals surface area contributed by atoms with Gasteiger partial charge in [-0.1, -0.05) is 6.07 Å². The van der Waals surface area contributed by atoms with Crippen molar-refractivity contribution in [2.45, 2.75) is 25.8 Å². The van der Waals surface area contributed by atoms with Crippen molar-refractivity contribution in [3.63, 3.8) is 0 Å². The summed E-state index contributed by atoms with van der Waals surface area (Å²) in [5, 5.41) is 11.8. The van der Waals surface area contributed by atoms with Gasteiger partial charge in [-0.3, -0.25) is 9.36 Å². The molecule has 1 aromatic carbocycles. The first-order chi connectivity index (χ1) is 15.1. The van der Waals surface area contributed by atoms with E-state index in [4.69, 9.17) is 9.15 Å². The molecule has 5 rings (SSSR count). The molecule has 3 aromatic heterocycles. The fourth-order valence-electron chi connectivity index (χ4n) is 3.88. The second-order valence-corrected chi connectivity index (χ2v) is 7.70. The Morgan fingerprint density at radius 1 is 1.16 bits per heavy atom. The minimum Gasteiger partial charge on any atom is -0.423 e. The summed E-state index contributed by atoms with van der Waals surface area (Å²) in [5.74, 6) is 0.933. The Labute approximate surface area is 178 Å². The lowest BCUT2D eigenvalue weighted by Gasteiger charge is -2.23. The first kappa shape index (κ1) is 19.4. The molecule has 0 atom stereocenters. The van der Waals surface area contributed by atoms with Crippen LogP contribution in [0.5, 0.6) is 0 Å². The number of anilines is 1. The van der Waals surface area contributed by atoms with Crippen molar-refractivity contribution in [2.24, 2.45) is 7.05 Å². The number of nitrogens with one attached hydrogen (secondary N) is 1. The number of aryl methyl sites for hydroxylation is 2. The molecular weight excluding hydrogens is 396 g/mol. The maximum atomic E-state index is 13.2. The third kappa shape index (κ3) is 3.68. The number of fused-ring (bicyclic) bond motifs is 1. The van der Waals surface area contributed by atoms with Crippen molar-refractivity contribution in [1.29, 1.82) is 0 Å². The average molecular weight is 418 g/mol. The molecule has 158 valence electrons. The summed E-state index contributed by atoms with van der Waals surface area (Å²) in [4.78, 5) is 22.3. The van der Waals surface area contributed by atoms with Crippen LogP contribution in [0.25, 0.3) is 33.6 Å². The van der Waals surface area contributed by atoms with Crippen LogP contribution in [0.1, 0.15) is 18.4 Å². The maximum Gasteiger partial charge on any atom is 0.259 e. The van der Waals surface area contributed by atoms with E-state index >= 15 is 0 Å². The van der Waals surface area contributed by atoms with Crippen LogP contribution in [0.15, 0.2) is 46.1 Å². The molecule has 4 aromatic rings. The van der Waals surface area contributed by atoms with Crippen LogP contribution in [0.4, 0.5) is 5.95 Å². The van der Waals surface area contributed by atoms with Crippen LogP contribution in [0.2, 0.25) is 0 Å². The van der Waals surface area contributed by atoms with Crippen LogP contribution in [0.3, 0.4) is 0 Å². The molecule has 1 aliphatic rings. The minimum absolute atomic E-state index is 0.131. The number of rotatable bonds is 4. The molecule has 0 saturated carbocycles. The van der Waals surface area contributed by atoms with Crippen LogP contribution < -0.4 is 10.9 Å². The van der Waals surface area contributed by atoms with Gasteiger partial charge in [-0.25, -0.2) is 4.98 Å². The largest absolute Gasteiger partial charge is 0.423 e. The highest BCUT2D eigenvalue weighted by atomic mass is 16.5. The second kappa shape index (κ2) is 7.92. The van der Waals surface area contributed by atoms with Gasteiger partial charge in [0.1, 0.15) is 5.65 Å². The maximum absolute atomic E-state index is 13.2. The van der Waals surface area contributed by atoms with Crippen LogP contribution in [-0.2, 0) is 11.8 Å². The normalized spacial score (nSPS) is 14.8. The average Bonchev–Trinajstić information content (AvgIpc) is 3.33. The standard InChI is InChI=1S/C22H22N6O3/c1-13-3-4-14(20-27-24-12-31-20)9-17(13)18-10-15-11-23-22(25-16-5-7-30-8-6-16)26-19(15)28(2)21(18)29/h3-4,9-12,16H,5-8H2,1-2H3,(H,23,25,26). The third-order valence-electron chi connectivity index (χ3n) is 5.64. The molecule has 0 radical (unpaired) electrons. The highest BCUT2D eigenvalue weighted by molar-refractivity contribution is 5.83. The van der Waals surface area contributed by atoms with Crippen LogP contribution >= 0.6 is 0 Å². The van der Waals surface area contributed by atoms with E-state index in [-0.39, 0.29) is 11.6 Å². The molecule has 4 heterocycles. The predicted molar refractivity (Wildman–Crippen MR) is 116 cm³/mol. The molecule has 9 heteroatoms. The van der Waals surface area contributed by atoms with E-state index in [9.17, 15) is 4.79 Å². The molecule has 1 saturated heterocycles. The number of nitrogens with zero attached hydrogens (tertiary/aromatic N) is 5. The summed E-state index contributed by atoms with van der Waals surface area (Å²) in [7, 11) is 1.73. The van der Waals surface area contributed by atoms with Gasteiger partial charge < -0.3 is 14.5 Å². The molecule has 0 spiro atoms. The fraction of sp³-hybridized carbons (Fsp3) is 0.318. The van der Waals surface area contributed by atoms with E-state index in [1.54, 1.807) is 17.8 Å². The summed E-state index contributed by atoms with van der Waals surface area (Å²) < 4.78 is 12.3. The van der Waals surface area contributed by atoms with Crippen molar-refractivity contribution in [3.8, 4) is 22.6 Å². The van der Waals surface area contributed by atoms with Gasteiger partial charge in [0.15, 0.2) is 0 Å². The third-order valence-corrected chi connectivity index (χ3v) is 5.64. The summed E-state index contributed by atoms with van der Waals surface area (Å²) in [5.41, 5.74) is 3.56. The van der Waals surface area contributed by atoms with Gasteiger partial charge >= 0.3 is 0 Å². The van der Waals surface area contributed by atoms with E-state index in [0.717, 1.165) is 48.1 Å². The molecule has 1 aliphatic heterocycles. The number of aromatic nitrogens is 5. The second-order valence-electron chi connectivity index (χ2n) is 7.70. The highest BCUT2D eigenvalue weighted by Gasteiger charge is 2.17. The Balaban J connectivity index is 1.56. The number of hydrogen-bond donors (Lipinski definition) is 1. The summed E-state index contributed by atoms with van der Waals surface area (Å²) in [6.07, 6.45) is 4.86. The Morgan fingerprint density at radius 3 is 2.77 bits per heavy atom. The molecule has 0 bridgehead atoms. The van der Waals surface area contributed by atoms with Gasteiger partial charge in [0.05, 0.1) is 0 Å². The fourth-order valence-corrected chi connectivity index (χ4v) is 3.88. The quantitative estimate of drug-likeness (QED) is 0.539. The molecule has 1 N–H and O–H groups in total. The molecule has 31 heavy (non-hydrogen) atoms. The minimum atomic E-state index is -0.131. The lowest BCUT2D eigenvalue weighted by Crippen LogP contribution is -2.29. The van der Waals surface area contributed by atoms with E-state index in [1.807, 2.05) is 31.2 Å². The number of benzene rings is 1. The summed E-state index contributed by atoms with van der Waals surface area (Å²) >= 11 is 0. The lowest BCUT2D eigenvalue weighted by molar-refractivity contribution is 0.0903. The SMILES string of the molecule is Cc1ccc(-c2nnco2)cc1-c1cc2cnc(NC3CCOCC3)nc2n(C)c1=O. The van der Waals surface area contributed by atoms with E-state index < -0.39 is 0 Å². The lowest BCUT2D eigenvalue weighted by atomic mass is 9.98. The molecule has 0 aliphatic carbocycles. The smallest absolute Gasteiger partial charge is 0.259 e. The van der Waals surface area contributed by atoms with Gasteiger partial charge in [0.2, 0.25) is 18.2 Å². The van der Waals surface area contributed by atoms with E-state index in [2.05, 4.69) is 25.5 Å². The Morgan fingerprint density at radius 2 is 2.00 bits per heavy atom. The summed E-state index contributed by atoms with van der Waals surface area (Å²) in [6.45, 7) is 3.43. The topological polar surface area (TPSA) is 108 Å². The molecule has 0 unspecified atom stereocenters. The first-order valence-electron chi connectivity index (χ1n) is 10.2. The van der Waals surface area contributed by atoms with Gasteiger partial charge in [0.25, 0.3) is 5.56 Å². The zero-order valence-electron chi connectivity index (χ0n) is 17.3. The number of ether oxygens (including phenoxy) is 1. The Kier molecular flexibility index (Phi) is 4.95. The van der Waals surface area contributed by atoms with Crippen molar-refractivity contribution < 1.29 is 9.15 Å². The zero-order chi connectivity index (χ0) is 21.4. The van der Waals surface area contributed by atoms with Crippen molar-refractivity contribution in [1.82, 2.24) is 24.7 Å². The van der Waals surface area contributed by atoms with Crippen LogP contribution in [-0.4, -0.2) is 44.0 Å².